The van der Waals surface area contributed by atoms with Crippen molar-refractivity contribution in [2.45, 2.75) is 32.9 Å². The van der Waals surface area contributed by atoms with Crippen LogP contribution in [0.15, 0.2) is 16.9 Å². The maximum absolute atomic E-state index is 5.17. The summed E-state index contributed by atoms with van der Waals surface area (Å²) >= 11 is 8.56. The molecule has 0 spiro atoms. The molecule has 0 fully saturated rings. The normalized spacial score (nSPS) is 12.9. The van der Waals surface area contributed by atoms with Crippen LogP contribution in [0.25, 0.3) is 0 Å². The maximum Gasteiger partial charge on any atom is 0.195 e. The van der Waals surface area contributed by atoms with E-state index in [-0.39, 0.29) is 5.92 Å². The van der Waals surface area contributed by atoms with Crippen LogP contribution in [0.2, 0.25) is 0 Å². The van der Waals surface area contributed by atoms with E-state index in [0.717, 1.165) is 23.4 Å². The highest BCUT2D eigenvalue weighted by Crippen LogP contribution is 2.16. The molecular weight excluding hydrogens is 302 g/mol. The van der Waals surface area contributed by atoms with Crippen molar-refractivity contribution < 1.29 is 0 Å². The summed E-state index contributed by atoms with van der Waals surface area (Å²) in [6.07, 6.45) is 3.73. The molecule has 0 saturated heterocycles. The maximum atomic E-state index is 5.17. The molecule has 0 aliphatic heterocycles. The molecule has 7 heteroatoms. The molecule has 5 nitrogen and oxygen atoms in total. The summed E-state index contributed by atoms with van der Waals surface area (Å²) in [4.78, 5) is 0. The first-order chi connectivity index (χ1) is 8.11. The summed E-state index contributed by atoms with van der Waals surface area (Å²) in [6, 6.07) is 0. The minimum atomic E-state index is 0.259. The molecular formula is C10H14BrN5S. The van der Waals surface area contributed by atoms with Gasteiger partial charge in [0.15, 0.2) is 4.77 Å². The molecule has 1 N–H and O–H groups in total. The fourth-order valence-corrected chi connectivity index (χ4v) is 2.41. The van der Waals surface area contributed by atoms with Crippen molar-refractivity contribution in [1.82, 2.24) is 24.5 Å². The Morgan fingerprint density at radius 2 is 2.35 bits per heavy atom. The molecule has 0 bridgehead atoms. The van der Waals surface area contributed by atoms with E-state index in [1.807, 2.05) is 15.4 Å². The zero-order chi connectivity index (χ0) is 12.4. The molecule has 1 atom stereocenters. The Labute approximate surface area is 113 Å². The predicted molar refractivity (Wildman–Crippen MR) is 71.4 cm³/mol. The molecule has 0 saturated carbocycles. The zero-order valence-electron chi connectivity index (χ0n) is 9.72. The molecule has 0 aliphatic rings. The summed E-state index contributed by atoms with van der Waals surface area (Å²) in [5, 5.41) is 11.4. The van der Waals surface area contributed by atoms with Crippen molar-refractivity contribution in [3.63, 3.8) is 0 Å². The van der Waals surface area contributed by atoms with Crippen LogP contribution in [0.5, 0.6) is 0 Å². The topological polar surface area (TPSA) is 51.4 Å². The van der Waals surface area contributed by atoms with Crippen LogP contribution in [0, 0.1) is 4.77 Å². The third-order valence-corrected chi connectivity index (χ3v) is 3.33. The number of halogens is 1. The number of nitrogens with zero attached hydrogens (tertiary/aromatic N) is 4. The minimum Gasteiger partial charge on any atom is -0.304 e. The Kier molecular flexibility index (Phi) is 3.78. The number of aromatic amines is 1. The van der Waals surface area contributed by atoms with Crippen LogP contribution in [0.4, 0.5) is 0 Å². The number of hydrogen-bond donors (Lipinski definition) is 1. The van der Waals surface area contributed by atoms with Gasteiger partial charge in [0.2, 0.25) is 0 Å². The second kappa shape index (κ2) is 5.14. The molecule has 0 unspecified atom stereocenters. The number of aromatic nitrogens is 5. The smallest absolute Gasteiger partial charge is 0.195 e. The van der Waals surface area contributed by atoms with Gasteiger partial charge in [-0.3, -0.25) is 9.78 Å². The fraction of sp³-hybridized carbons (Fsp3) is 0.500. The van der Waals surface area contributed by atoms with E-state index < -0.39 is 0 Å². The lowest BCUT2D eigenvalue weighted by molar-refractivity contribution is 0.503. The van der Waals surface area contributed by atoms with Gasteiger partial charge in [-0.15, -0.1) is 0 Å². The number of H-pyrrole nitrogens is 1. The lowest BCUT2D eigenvalue weighted by atomic mass is 10.1. The summed E-state index contributed by atoms with van der Waals surface area (Å²) in [5.41, 5.74) is 0. The Hall–Kier alpha value is -0.950. The highest BCUT2D eigenvalue weighted by atomic mass is 79.9. The summed E-state index contributed by atoms with van der Waals surface area (Å²) in [5.74, 6) is 1.24. The quantitative estimate of drug-likeness (QED) is 0.883. The first-order valence-electron chi connectivity index (χ1n) is 5.45. The Morgan fingerprint density at radius 1 is 1.59 bits per heavy atom. The number of rotatable bonds is 4. The molecule has 2 heterocycles. The SMILES string of the molecule is CCn1c([C@H](C)Cn2cc(Br)cn2)n[nH]c1=S. The van der Waals surface area contributed by atoms with E-state index >= 15 is 0 Å². The Balaban J connectivity index is 2.19. The third kappa shape index (κ3) is 2.66. The molecule has 2 rings (SSSR count). The van der Waals surface area contributed by atoms with Gasteiger partial charge in [-0.05, 0) is 35.1 Å². The second-order valence-electron chi connectivity index (χ2n) is 3.91. The molecule has 2 aromatic rings. The van der Waals surface area contributed by atoms with Gasteiger partial charge in [-0.2, -0.15) is 10.2 Å². The molecule has 0 aliphatic carbocycles. The van der Waals surface area contributed by atoms with Crippen LogP contribution in [-0.2, 0) is 13.1 Å². The van der Waals surface area contributed by atoms with E-state index in [4.69, 9.17) is 12.2 Å². The second-order valence-corrected chi connectivity index (χ2v) is 5.22. The van der Waals surface area contributed by atoms with Gasteiger partial charge in [0.1, 0.15) is 5.82 Å². The van der Waals surface area contributed by atoms with Crippen LogP contribution >= 0.6 is 28.1 Å². The molecule has 0 radical (unpaired) electrons. The summed E-state index contributed by atoms with van der Waals surface area (Å²) in [6.45, 7) is 5.79. The van der Waals surface area contributed by atoms with Gasteiger partial charge in [0.05, 0.1) is 17.2 Å². The van der Waals surface area contributed by atoms with Gasteiger partial charge < -0.3 is 4.57 Å². The van der Waals surface area contributed by atoms with Crippen LogP contribution in [0.1, 0.15) is 25.6 Å². The van der Waals surface area contributed by atoms with E-state index in [0.29, 0.717) is 4.77 Å². The van der Waals surface area contributed by atoms with Gasteiger partial charge in [-0.1, -0.05) is 6.92 Å². The largest absolute Gasteiger partial charge is 0.304 e. The van der Waals surface area contributed by atoms with Crippen molar-refractivity contribution in [3.8, 4) is 0 Å². The monoisotopic (exact) mass is 315 g/mol. The predicted octanol–water partition coefficient (Wildman–Crippen LogP) is 2.72. The summed E-state index contributed by atoms with van der Waals surface area (Å²) < 4.78 is 5.57. The van der Waals surface area contributed by atoms with E-state index in [1.54, 1.807) is 6.20 Å². The lowest BCUT2D eigenvalue weighted by Gasteiger charge is -2.11. The van der Waals surface area contributed by atoms with Crippen molar-refractivity contribution in [2.24, 2.45) is 0 Å². The van der Waals surface area contributed by atoms with Gasteiger partial charge in [-0.25, -0.2) is 0 Å². The van der Waals surface area contributed by atoms with Crippen LogP contribution < -0.4 is 0 Å². The van der Waals surface area contributed by atoms with E-state index in [1.165, 1.54) is 0 Å². The van der Waals surface area contributed by atoms with Crippen molar-refractivity contribution in [2.75, 3.05) is 0 Å². The fourth-order valence-electron chi connectivity index (χ4n) is 1.81. The molecule has 0 amide bonds. The zero-order valence-corrected chi connectivity index (χ0v) is 12.1. The number of nitrogens with one attached hydrogen (secondary N) is 1. The third-order valence-electron chi connectivity index (χ3n) is 2.61. The Morgan fingerprint density at radius 3 is 2.94 bits per heavy atom. The van der Waals surface area contributed by atoms with Crippen molar-refractivity contribution in [1.29, 1.82) is 0 Å². The van der Waals surface area contributed by atoms with Crippen LogP contribution in [0.3, 0.4) is 0 Å². The average molecular weight is 316 g/mol. The van der Waals surface area contributed by atoms with Crippen molar-refractivity contribution in [3.05, 3.63) is 27.5 Å². The lowest BCUT2D eigenvalue weighted by Crippen LogP contribution is -2.12. The first kappa shape index (κ1) is 12.5. The number of hydrogen-bond acceptors (Lipinski definition) is 3. The Bertz CT molecular complexity index is 555. The standard InChI is InChI=1S/C10H14BrN5S/c1-3-16-9(13-14-10(16)17)7(2)5-15-6-8(11)4-12-15/h4,6-7H,3,5H2,1-2H3,(H,14,17)/t7-/m1/s1. The minimum absolute atomic E-state index is 0.259. The summed E-state index contributed by atoms with van der Waals surface area (Å²) in [7, 11) is 0. The van der Waals surface area contributed by atoms with Gasteiger partial charge >= 0.3 is 0 Å². The van der Waals surface area contributed by atoms with Gasteiger partial charge in [0.25, 0.3) is 0 Å². The highest BCUT2D eigenvalue weighted by molar-refractivity contribution is 9.10. The van der Waals surface area contributed by atoms with Gasteiger partial charge in [0, 0.05) is 18.7 Å². The van der Waals surface area contributed by atoms with Crippen LogP contribution in [-0.4, -0.2) is 24.5 Å². The van der Waals surface area contributed by atoms with E-state index in [2.05, 4.69) is 45.1 Å². The average Bonchev–Trinajstić information content (AvgIpc) is 2.84. The first-order valence-corrected chi connectivity index (χ1v) is 6.65. The molecule has 17 heavy (non-hydrogen) atoms. The molecule has 2 aromatic heterocycles. The van der Waals surface area contributed by atoms with Crippen molar-refractivity contribution >= 4 is 28.1 Å². The molecule has 0 aromatic carbocycles. The highest BCUT2D eigenvalue weighted by Gasteiger charge is 2.14. The van der Waals surface area contributed by atoms with E-state index in [9.17, 15) is 0 Å². The molecule has 92 valence electrons.